The molecule has 0 fully saturated rings. The topological polar surface area (TPSA) is 42.4 Å². The predicted octanol–water partition coefficient (Wildman–Crippen LogP) is 1.59. The summed E-state index contributed by atoms with van der Waals surface area (Å²) in [6.45, 7) is 2.18. The van der Waals surface area contributed by atoms with Gasteiger partial charge in [0.1, 0.15) is 6.61 Å². The highest BCUT2D eigenvalue weighted by atomic mass is 16.6. The number of rotatable bonds is 2. The fourth-order valence-corrected chi connectivity index (χ4v) is 0.849. The third-order valence-corrected chi connectivity index (χ3v) is 1.68. The highest BCUT2D eigenvalue weighted by Gasteiger charge is 2.04. The van der Waals surface area contributed by atoms with Crippen LogP contribution in [-0.2, 0) is 11.3 Å². The van der Waals surface area contributed by atoms with E-state index in [9.17, 15) is 4.79 Å². The summed E-state index contributed by atoms with van der Waals surface area (Å²) in [5.74, 6) is 0. The van der Waals surface area contributed by atoms with Crippen LogP contribution < -0.4 is 0 Å². The second-order valence-corrected chi connectivity index (χ2v) is 3.28. The molecule has 76 valence electrons. The van der Waals surface area contributed by atoms with Crippen molar-refractivity contribution < 1.29 is 9.53 Å². The van der Waals surface area contributed by atoms with Crippen molar-refractivity contribution in [3.63, 3.8) is 0 Å². The molecular weight excluding hydrogens is 180 g/mol. The van der Waals surface area contributed by atoms with E-state index in [4.69, 9.17) is 4.74 Å². The van der Waals surface area contributed by atoms with Crippen LogP contribution in [0.3, 0.4) is 0 Å². The fourth-order valence-electron chi connectivity index (χ4n) is 0.849. The predicted molar refractivity (Wildman–Crippen MR) is 52.8 cm³/mol. The van der Waals surface area contributed by atoms with E-state index < -0.39 is 0 Å². The third-order valence-electron chi connectivity index (χ3n) is 1.68. The maximum atomic E-state index is 11.1. The van der Waals surface area contributed by atoms with Gasteiger partial charge in [-0.1, -0.05) is 6.07 Å². The first-order valence-corrected chi connectivity index (χ1v) is 4.35. The molecule has 14 heavy (non-hydrogen) atoms. The number of amides is 1. The van der Waals surface area contributed by atoms with Crippen molar-refractivity contribution in [3.05, 3.63) is 29.6 Å². The van der Waals surface area contributed by atoms with Gasteiger partial charge in [0.2, 0.25) is 0 Å². The van der Waals surface area contributed by atoms with Crippen molar-refractivity contribution in [1.29, 1.82) is 0 Å². The van der Waals surface area contributed by atoms with Crippen LogP contribution in [0.15, 0.2) is 18.3 Å². The lowest BCUT2D eigenvalue weighted by Gasteiger charge is -2.10. The Morgan fingerprint density at radius 1 is 1.50 bits per heavy atom. The van der Waals surface area contributed by atoms with Crippen LogP contribution in [0.2, 0.25) is 0 Å². The molecule has 1 aromatic rings. The molecule has 0 aromatic carbocycles. The largest absolute Gasteiger partial charge is 0.443 e. The van der Waals surface area contributed by atoms with E-state index in [-0.39, 0.29) is 12.7 Å². The molecule has 0 aliphatic heterocycles. The van der Waals surface area contributed by atoms with Crippen LogP contribution in [0.25, 0.3) is 0 Å². The molecule has 0 bridgehead atoms. The van der Waals surface area contributed by atoms with Gasteiger partial charge in [-0.2, -0.15) is 0 Å². The summed E-state index contributed by atoms with van der Waals surface area (Å²) in [6.07, 6.45) is 1.39. The van der Waals surface area contributed by atoms with Crippen molar-refractivity contribution in [1.82, 2.24) is 9.88 Å². The SMILES string of the molecule is Cc1ccc(COC(=O)N(C)C)nc1. The van der Waals surface area contributed by atoms with E-state index in [1.54, 1.807) is 20.3 Å². The van der Waals surface area contributed by atoms with E-state index in [0.29, 0.717) is 0 Å². The zero-order valence-corrected chi connectivity index (χ0v) is 8.65. The number of carbonyl (C=O) groups is 1. The highest BCUT2D eigenvalue weighted by Crippen LogP contribution is 2.01. The normalized spacial score (nSPS) is 9.64. The molecule has 0 atom stereocenters. The summed E-state index contributed by atoms with van der Waals surface area (Å²) in [4.78, 5) is 16.6. The monoisotopic (exact) mass is 194 g/mol. The summed E-state index contributed by atoms with van der Waals surface area (Å²) in [5, 5.41) is 0. The lowest BCUT2D eigenvalue weighted by molar-refractivity contribution is 0.111. The van der Waals surface area contributed by atoms with Gasteiger partial charge in [0.15, 0.2) is 0 Å². The molecule has 1 heterocycles. The van der Waals surface area contributed by atoms with Crippen molar-refractivity contribution in [3.8, 4) is 0 Å². The standard InChI is InChI=1S/C10H14N2O2/c1-8-4-5-9(11-6-8)7-14-10(13)12(2)3/h4-6H,7H2,1-3H3. The molecule has 0 saturated carbocycles. The quantitative estimate of drug-likeness (QED) is 0.718. The lowest BCUT2D eigenvalue weighted by Crippen LogP contribution is -2.22. The smallest absolute Gasteiger partial charge is 0.409 e. The fraction of sp³-hybridized carbons (Fsp3) is 0.400. The van der Waals surface area contributed by atoms with Gasteiger partial charge in [-0.25, -0.2) is 4.79 Å². The number of ether oxygens (including phenoxy) is 1. The van der Waals surface area contributed by atoms with E-state index in [2.05, 4.69) is 4.98 Å². The van der Waals surface area contributed by atoms with Crippen LogP contribution >= 0.6 is 0 Å². The first-order chi connectivity index (χ1) is 6.59. The Bertz CT molecular complexity index is 306. The van der Waals surface area contributed by atoms with Gasteiger partial charge in [0.05, 0.1) is 5.69 Å². The number of hydrogen-bond donors (Lipinski definition) is 0. The Morgan fingerprint density at radius 3 is 2.71 bits per heavy atom. The number of carbonyl (C=O) groups excluding carboxylic acids is 1. The molecule has 0 radical (unpaired) electrons. The summed E-state index contributed by atoms with van der Waals surface area (Å²) in [6, 6.07) is 3.78. The van der Waals surface area contributed by atoms with Crippen molar-refractivity contribution in [2.45, 2.75) is 13.5 Å². The summed E-state index contributed by atoms with van der Waals surface area (Å²) >= 11 is 0. The summed E-state index contributed by atoms with van der Waals surface area (Å²) in [5.41, 5.74) is 1.85. The van der Waals surface area contributed by atoms with Crippen LogP contribution in [0.4, 0.5) is 4.79 Å². The Labute approximate surface area is 83.5 Å². The zero-order chi connectivity index (χ0) is 10.6. The Morgan fingerprint density at radius 2 is 2.21 bits per heavy atom. The molecule has 1 rings (SSSR count). The van der Waals surface area contributed by atoms with Crippen LogP contribution in [0, 0.1) is 6.92 Å². The van der Waals surface area contributed by atoms with Gasteiger partial charge in [0.25, 0.3) is 0 Å². The molecule has 0 spiro atoms. The van der Waals surface area contributed by atoms with Gasteiger partial charge in [-0.15, -0.1) is 0 Å². The third kappa shape index (κ3) is 3.05. The van der Waals surface area contributed by atoms with E-state index in [1.165, 1.54) is 4.90 Å². The molecule has 1 aromatic heterocycles. The number of nitrogens with zero attached hydrogens (tertiary/aromatic N) is 2. The molecule has 4 nitrogen and oxygen atoms in total. The minimum atomic E-state index is -0.354. The summed E-state index contributed by atoms with van der Waals surface area (Å²) < 4.78 is 4.95. The van der Waals surface area contributed by atoms with Crippen LogP contribution in [-0.4, -0.2) is 30.1 Å². The average Bonchev–Trinajstić information content (AvgIpc) is 2.16. The number of aryl methyl sites for hydroxylation is 1. The molecular formula is C10H14N2O2. The van der Waals surface area contributed by atoms with Crippen molar-refractivity contribution in [2.75, 3.05) is 14.1 Å². The van der Waals surface area contributed by atoms with Crippen LogP contribution in [0.1, 0.15) is 11.3 Å². The molecule has 4 heteroatoms. The molecule has 0 aliphatic carbocycles. The molecule has 0 N–H and O–H groups in total. The molecule has 0 unspecified atom stereocenters. The second-order valence-electron chi connectivity index (χ2n) is 3.28. The van der Waals surface area contributed by atoms with Crippen molar-refractivity contribution in [2.24, 2.45) is 0 Å². The second kappa shape index (κ2) is 4.60. The van der Waals surface area contributed by atoms with E-state index >= 15 is 0 Å². The Hall–Kier alpha value is -1.58. The summed E-state index contributed by atoms with van der Waals surface area (Å²) in [7, 11) is 3.29. The van der Waals surface area contributed by atoms with Gasteiger partial charge in [-0.05, 0) is 18.6 Å². The molecule has 0 saturated heterocycles. The van der Waals surface area contributed by atoms with Gasteiger partial charge in [-0.3, -0.25) is 4.98 Å². The lowest BCUT2D eigenvalue weighted by atomic mass is 10.3. The van der Waals surface area contributed by atoms with E-state index in [1.807, 2.05) is 19.1 Å². The van der Waals surface area contributed by atoms with Gasteiger partial charge in [0, 0.05) is 20.3 Å². The molecule has 0 aliphatic rings. The average molecular weight is 194 g/mol. The first kappa shape index (κ1) is 10.5. The number of aromatic nitrogens is 1. The number of hydrogen-bond acceptors (Lipinski definition) is 3. The Kier molecular flexibility index (Phi) is 3.45. The maximum Gasteiger partial charge on any atom is 0.409 e. The van der Waals surface area contributed by atoms with Crippen LogP contribution in [0.5, 0.6) is 0 Å². The van der Waals surface area contributed by atoms with Gasteiger partial charge >= 0.3 is 6.09 Å². The highest BCUT2D eigenvalue weighted by molar-refractivity contribution is 5.66. The maximum absolute atomic E-state index is 11.1. The number of pyridine rings is 1. The minimum absolute atomic E-state index is 0.220. The minimum Gasteiger partial charge on any atom is -0.443 e. The van der Waals surface area contributed by atoms with Gasteiger partial charge < -0.3 is 9.64 Å². The van der Waals surface area contributed by atoms with Crippen molar-refractivity contribution >= 4 is 6.09 Å². The Balaban J connectivity index is 2.46. The van der Waals surface area contributed by atoms with E-state index in [0.717, 1.165) is 11.3 Å². The molecule has 1 amide bonds. The zero-order valence-electron chi connectivity index (χ0n) is 8.65. The first-order valence-electron chi connectivity index (χ1n) is 4.35.